The molecule has 88 valence electrons. The van der Waals surface area contributed by atoms with Crippen molar-refractivity contribution in [2.24, 2.45) is 0 Å². The molecule has 0 aliphatic carbocycles. The van der Waals surface area contributed by atoms with Crippen molar-refractivity contribution in [3.8, 4) is 0 Å². The van der Waals surface area contributed by atoms with E-state index in [0.717, 1.165) is 12.0 Å². The van der Waals surface area contributed by atoms with Crippen LogP contribution in [0.25, 0.3) is 0 Å². The van der Waals surface area contributed by atoms with E-state index >= 15 is 0 Å². The van der Waals surface area contributed by atoms with E-state index in [1.807, 2.05) is 0 Å². The van der Waals surface area contributed by atoms with Gasteiger partial charge in [-0.05, 0) is 24.1 Å². The monoisotopic (exact) mass is 240 g/mol. The predicted octanol–water partition coefficient (Wildman–Crippen LogP) is 3.47. The van der Waals surface area contributed by atoms with Crippen LogP contribution >= 0.6 is 11.8 Å². The highest BCUT2D eigenvalue weighted by molar-refractivity contribution is 8.00. The highest BCUT2D eigenvalue weighted by Crippen LogP contribution is 2.14. The van der Waals surface area contributed by atoms with Gasteiger partial charge in [0.15, 0.2) is 0 Å². The summed E-state index contributed by atoms with van der Waals surface area (Å²) in [4.78, 5) is 11.6. The van der Waals surface area contributed by atoms with Crippen molar-refractivity contribution in [1.29, 1.82) is 0 Å². The van der Waals surface area contributed by atoms with Crippen molar-refractivity contribution in [2.75, 3.05) is 5.75 Å². The first-order valence-corrected chi connectivity index (χ1v) is 6.54. The zero-order chi connectivity index (χ0) is 12.0. The Morgan fingerprint density at radius 2 is 2.00 bits per heavy atom. The number of hydrogen-bond donors (Lipinski definition) is 0. The van der Waals surface area contributed by atoms with Crippen molar-refractivity contribution in [3.63, 3.8) is 0 Å². The Kier molecular flexibility index (Phi) is 5.53. The maximum atomic E-state index is 12.6. The van der Waals surface area contributed by atoms with Gasteiger partial charge in [0.1, 0.15) is 11.6 Å². The molecule has 1 aromatic carbocycles. The molecule has 16 heavy (non-hydrogen) atoms. The van der Waals surface area contributed by atoms with Crippen LogP contribution in [0.15, 0.2) is 24.3 Å². The van der Waals surface area contributed by atoms with E-state index in [9.17, 15) is 9.18 Å². The minimum atomic E-state index is -0.259. The lowest BCUT2D eigenvalue weighted by molar-refractivity contribution is -0.116. The Morgan fingerprint density at radius 3 is 2.56 bits per heavy atom. The fourth-order valence-electron chi connectivity index (χ4n) is 1.23. The molecule has 0 saturated heterocycles. The summed E-state index contributed by atoms with van der Waals surface area (Å²) in [5, 5.41) is 0.525. The van der Waals surface area contributed by atoms with Gasteiger partial charge in [0.05, 0.1) is 5.75 Å². The zero-order valence-electron chi connectivity index (χ0n) is 9.70. The van der Waals surface area contributed by atoms with E-state index in [4.69, 9.17) is 0 Å². The van der Waals surface area contributed by atoms with Gasteiger partial charge >= 0.3 is 0 Å². The molecule has 0 N–H and O–H groups in total. The van der Waals surface area contributed by atoms with Crippen LogP contribution in [-0.2, 0) is 11.2 Å². The minimum Gasteiger partial charge on any atom is -0.298 e. The molecule has 0 fully saturated rings. The van der Waals surface area contributed by atoms with Crippen molar-refractivity contribution in [3.05, 3.63) is 35.6 Å². The standard InChI is InChI=1S/C13H17FOS/c1-3-10(2)16-9-13(15)8-11-4-6-12(14)7-5-11/h4-7,10H,3,8-9H2,1-2H3. The lowest BCUT2D eigenvalue weighted by Gasteiger charge is -2.07. The average molecular weight is 240 g/mol. The molecule has 0 aromatic heterocycles. The maximum absolute atomic E-state index is 12.6. The summed E-state index contributed by atoms with van der Waals surface area (Å²) in [6, 6.07) is 6.12. The molecule has 1 aromatic rings. The number of rotatable bonds is 6. The molecule has 0 radical (unpaired) electrons. The van der Waals surface area contributed by atoms with Crippen LogP contribution in [0.4, 0.5) is 4.39 Å². The van der Waals surface area contributed by atoms with E-state index in [-0.39, 0.29) is 11.6 Å². The molecule has 0 heterocycles. The molecular formula is C13H17FOS. The largest absolute Gasteiger partial charge is 0.298 e. The normalized spacial score (nSPS) is 12.4. The van der Waals surface area contributed by atoms with Gasteiger partial charge in [-0.25, -0.2) is 4.39 Å². The van der Waals surface area contributed by atoms with Crippen LogP contribution in [0.2, 0.25) is 0 Å². The van der Waals surface area contributed by atoms with Crippen LogP contribution in [0.5, 0.6) is 0 Å². The minimum absolute atomic E-state index is 0.205. The summed E-state index contributed by atoms with van der Waals surface area (Å²) < 4.78 is 12.6. The first-order valence-electron chi connectivity index (χ1n) is 5.49. The second-order valence-corrected chi connectivity index (χ2v) is 5.30. The molecule has 0 bridgehead atoms. The topological polar surface area (TPSA) is 17.1 Å². The van der Waals surface area contributed by atoms with Crippen molar-refractivity contribution in [1.82, 2.24) is 0 Å². The number of hydrogen-bond acceptors (Lipinski definition) is 2. The molecule has 1 atom stereocenters. The molecule has 0 saturated carbocycles. The number of ketones is 1. The van der Waals surface area contributed by atoms with Gasteiger partial charge in [-0.2, -0.15) is 11.8 Å². The van der Waals surface area contributed by atoms with Crippen LogP contribution in [-0.4, -0.2) is 16.8 Å². The number of carbonyl (C=O) groups is 1. The van der Waals surface area contributed by atoms with Gasteiger partial charge in [0.2, 0.25) is 0 Å². The van der Waals surface area contributed by atoms with Crippen LogP contribution in [0.3, 0.4) is 0 Å². The second kappa shape index (κ2) is 6.69. The first kappa shape index (κ1) is 13.2. The van der Waals surface area contributed by atoms with Crippen molar-refractivity contribution < 1.29 is 9.18 Å². The Hall–Kier alpha value is -0.830. The quantitative estimate of drug-likeness (QED) is 0.757. The molecule has 1 nitrogen and oxygen atoms in total. The number of halogens is 1. The van der Waals surface area contributed by atoms with Crippen LogP contribution in [0.1, 0.15) is 25.8 Å². The summed E-state index contributed by atoms with van der Waals surface area (Å²) >= 11 is 1.68. The lowest BCUT2D eigenvalue weighted by Crippen LogP contribution is -2.08. The van der Waals surface area contributed by atoms with Crippen molar-refractivity contribution >= 4 is 17.5 Å². The predicted molar refractivity (Wildman–Crippen MR) is 67.3 cm³/mol. The third kappa shape index (κ3) is 4.79. The van der Waals surface area contributed by atoms with Gasteiger partial charge in [0, 0.05) is 11.7 Å². The lowest BCUT2D eigenvalue weighted by atomic mass is 10.1. The molecule has 0 aliphatic heterocycles. The highest BCUT2D eigenvalue weighted by Gasteiger charge is 2.06. The Morgan fingerprint density at radius 1 is 1.38 bits per heavy atom. The number of carbonyl (C=O) groups excluding carboxylic acids is 1. The molecule has 1 unspecified atom stereocenters. The number of thioether (sulfide) groups is 1. The van der Waals surface area contributed by atoms with E-state index in [1.54, 1.807) is 23.9 Å². The fraction of sp³-hybridized carbons (Fsp3) is 0.462. The first-order chi connectivity index (χ1) is 7.61. The fourth-order valence-corrected chi connectivity index (χ4v) is 2.04. The molecule has 1 rings (SSSR count). The smallest absolute Gasteiger partial charge is 0.147 e. The third-order valence-corrected chi connectivity index (χ3v) is 3.81. The SMILES string of the molecule is CCC(C)SCC(=O)Cc1ccc(F)cc1. The molecule has 0 spiro atoms. The summed E-state index contributed by atoms with van der Waals surface area (Å²) in [7, 11) is 0. The highest BCUT2D eigenvalue weighted by atomic mass is 32.2. The Bertz CT molecular complexity index is 334. The zero-order valence-corrected chi connectivity index (χ0v) is 10.5. The summed E-state index contributed by atoms with van der Waals surface area (Å²) in [6.45, 7) is 4.23. The van der Waals surface area contributed by atoms with Gasteiger partial charge in [-0.1, -0.05) is 26.0 Å². The molecule has 0 amide bonds. The van der Waals surface area contributed by atoms with Crippen molar-refractivity contribution in [2.45, 2.75) is 31.9 Å². The van der Waals surface area contributed by atoms with E-state index in [0.29, 0.717) is 17.4 Å². The number of Topliss-reactive ketones (excluding diaryl/α,β-unsaturated/α-hetero) is 1. The number of benzene rings is 1. The van der Waals surface area contributed by atoms with E-state index in [2.05, 4.69) is 13.8 Å². The van der Waals surface area contributed by atoms with Crippen LogP contribution in [0, 0.1) is 5.82 Å². The summed E-state index contributed by atoms with van der Waals surface area (Å²) in [5.41, 5.74) is 0.885. The van der Waals surface area contributed by atoms with Gasteiger partial charge < -0.3 is 0 Å². The maximum Gasteiger partial charge on any atom is 0.147 e. The Labute approximate surface area is 100 Å². The van der Waals surface area contributed by atoms with E-state index < -0.39 is 0 Å². The van der Waals surface area contributed by atoms with Gasteiger partial charge in [-0.15, -0.1) is 0 Å². The summed E-state index contributed by atoms with van der Waals surface area (Å²) in [5.74, 6) is 0.494. The molecule has 0 aliphatic rings. The van der Waals surface area contributed by atoms with Gasteiger partial charge in [-0.3, -0.25) is 4.79 Å². The molecular weight excluding hydrogens is 223 g/mol. The summed E-state index contributed by atoms with van der Waals surface area (Å²) in [6.07, 6.45) is 1.48. The third-order valence-electron chi connectivity index (χ3n) is 2.42. The molecule has 3 heteroatoms. The average Bonchev–Trinajstić information content (AvgIpc) is 2.29. The van der Waals surface area contributed by atoms with Crippen LogP contribution < -0.4 is 0 Å². The Balaban J connectivity index is 2.37. The van der Waals surface area contributed by atoms with E-state index in [1.165, 1.54) is 12.1 Å². The second-order valence-electron chi connectivity index (χ2n) is 3.87. The van der Waals surface area contributed by atoms with Gasteiger partial charge in [0.25, 0.3) is 0 Å².